The third-order valence-electron chi connectivity index (χ3n) is 4.19. The number of rotatable bonds is 5. The molecular formula is C18H20ClN3O3. The van der Waals surface area contributed by atoms with E-state index in [-0.39, 0.29) is 11.8 Å². The Kier molecular flexibility index (Phi) is 5.73. The zero-order valence-corrected chi connectivity index (χ0v) is 14.5. The molecule has 7 heteroatoms. The van der Waals surface area contributed by atoms with Crippen molar-refractivity contribution in [3.05, 3.63) is 59.0 Å². The number of amides is 2. The lowest BCUT2D eigenvalue weighted by atomic mass is 10.2. The van der Waals surface area contributed by atoms with Crippen LogP contribution < -0.4 is 5.32 Å². The standard InChI is InChI=1S/C18H20ClN3O3/c19-15-4-1-3-14(13-15)17(23)20-6-7-21-8-10-22(11-9-21)18(24)16-5-2-12-25-16/h1-5,12-13H,6-11H2,(H,20,23). The molecular weight excluding hydrogens is 342 g/mol. The van der Waals surface area contributed by atoms with E-state index in [1.165, 1.54) is 6.26 Å². The Balaban J connectivity index is 1.39. The highest BCUT2D eigenvalue weighted by molar-refractivity contribution is 6.30. The van der Waals surface area contributed by atoms with E-state index >= 15 is 0 Å². The van der Waals surface area contributed by atoms with E-state index in [0.717, 1.165) is 19.6 Å². The van der Waals surface area contributed by atoms with Crippen molar-refractivity contribution in [3.8, 4) is 0 Å². The number of halogens is 1. The van der Waals surface area contributed by atoms with Gasteiger partial charge in [0.2, 0.25) is 0 Å². The van der Waals surface area contributed by atoms with E-state index in [9.17, 15) is 9.59 Å². The number of hydrogen-bond acceptors (Lipinski definition) is 4. The zero-order chi connectivity index (χ0) is 17.6. The van der Waals surface area contributed by atoms with Crippen molar-refractivity contribution < 1.29 is 14.0 Å². The van der Waals surface area contributed by atoms with E-state index < -0.39 is 0 Å². The smallest absolute Gasteiger partial charge is 0.289 e. The second-order valence-electron chi connectivity index (χ2n) is 5.88. The summed E-state index contributed by atoms with van der Waals surface area (Å²) in [6, 6.07) is 10.3. The minimum Gasteiger partial charge on any atom is -0.459 e. The molecule has 0 saturated carbocycles. The van der Waals surface area contributed by atoms with Gasteiger partial charge in [0, 0.05) is 49.9 Å². The Morgan fingerprint density at radius 3 is 2.60 bits per heavy atom. The highest BCUT2D eigenvalue weighted by Crippen LogP contribution is 2.11. The minimum absolute atomic E-state index is 0.0705. The molecule has 0 atom stereocenters. The molecule has 1 saturated heterocycles. The Labute approximate surface area is 151 Å². The summed E-state index contributed by atoms with van der Waals surface area (Å²) >= 11 is 5.89. The fourth-order valence-corrected chi connectivity index (χ4v) is 2.98. The third-order valence-corrected chi connectivity index (χ3v) is 4.43. The van der Waals surface area contributed by atoms with Crippen molar-refractivity contribution in [2.45, 2.75) is 0 Å². The number of hydrogen-bond donors (Lipinski definition) is 1. The van der Waals surface area contributed by atoms with Crippen LogP contribution in [-0.4, -0.2) is 60.9 Å². The van der Waals surface area contributed by atoms with Crippen LogP contribution in [0.5, 0.6) is 0 Å². The van der Waals surface area contributed by atoms with Gasteiger partial charge in [-0.25, -0.2) is 0 Å². The first kappa shape index (κ1) is 17.5. The van der Waals surface area contributed by atoms with Crippen LogP contribution in [0, 0.1) is 0 Å². The van der Waals surface area contributed by atoms with E-state index in [1.807, 2.05) is 0 Å². The van der Waals surface area contributed by atoms with E-state index in [2.05, 4.69) is 10.2 Å². The normalized spacial score (nSPS) is 15.2. The number of carbonyl (C=O) groups is 2. The van der Waals surface area contributed by atoms with Crippen LogP contribution in [0.4, 0.5) is 0 Å². The monoisotopic (exact) mass is 361 g/mol. The van der Waals surface area contributed by atoms with Gasteiger partial charge in [-0.3, -0.25) is 14.5 Å². The Bertz CT molecular complexity index is 725. The lowest BCUT2D eigenvalue weighted by Gasteiger charge is -2.34. The zero-order valence-electron chi connectivity index (χ0n) is 13.8. The van der Waals surface area contributed by atoms with Gasteiger partial charge in [0.1, 0.15) is 0 Å². The molecule has 0 radical (unpaired) electrons. The van der Waals surface area contributed by atoms with Gasteiger partial charge >= 0.3 is 0 Å². The molecule has 0 aliphatic carbocycles. The highest BCUT2D eigenvalue weighted by atomic mass is 35.5. The average molecular weight is 362 g/mol. The Hall–Kier alpha value is -2.31. The van der Waals surface area contributed by atoms with Gasteiger partial charge in [-0.1, -0.05) is 17.7 Å². The molecule has 2 heterocycles. The summed E-state index contributed by atoms with van der Waals surface area (Å²) < 4.78 is 5.16. The molecule has 0 spiro atoms. The Morgan fingerprint density at radius 1 is 1.12 bits per heavy atom. The second kappa shape index (κ2) is 8.18. The SMILES string of the molecule is O=C(NCCN1CCN(C(=O)c2ccco2)CC1)c1cccc(Cl)c1. The molecule has 25 heavy (non-hydrogen) atoms. The number of furan rings is 1. The van der Waals surface area contributed by atoms with E-state index in [4.69, 9.17) is 16.0 Å². The molecule has 2 amide bonds. The van der Waals surface area contributed by atoms with Crippen LogP contribution in [0.3, 0.4) is 0 Å². The van der Waals surface area contributed by atoms with Gasteiger partial charge in [0.25, 0.3) is 11.8 Å². The number of carbonyl (C=O) groups excluding carboxylic acids is 2. The van der Waals surface area contributed by atoms with E-state index in [0.29, 0.717) is 36.0 Å². The largest absolute Gasteiger partial charge is 0.459 e. The Morgan fingerprint density at radius 2 is 1.92 bits per heavy atom. The molecule has 2 aromatic rings. The van der Waals surface area contributed by atoms with Crippen LogP contribution >= 0.6 is 11.6 Å². The van der Waals surface area contributed by atoms with Crippen molar-refractivity contribution >= 4 is 23.4 Å². The highest BCUT2D eigenvalue weighted by Gasteiger charge is 2.23. The number of piperazine rings is 1. The predicted octanol–water partition coefficient (Wildman–Crippen LogP) is 2.12. The molecule has 6 nitrogen and oxygen atoms in total. The molecule has 1 N–H and O–H groups in total. The van der Waals surface area contributed by atoms with Crippen LogP contribution in [0.25, 0.3) is 0 Å². The topological polar surface area (TPSA) is 65.8 Å². The first-order valence-corrected chi connectivity index (χ1v) is 8.60. The summed E-state index contributed by atoms with van der Waals surface area (Å²) in [6.07, 6.45) is 1.51. The molecule has 1 aliphatic rings. The number of benzene rings is 1. The van der Waals surface area contributed by atoms with Gasteiger partial charge in [0.05, 0.1) is 6.26 Å². The first-order chi connectivity index (χ1) is 12.1. The first-order valence-electron chi connectivity index (χ1n) is 8.22. The fourth-order valence-electron chi connectivity index (χ4n) is 2.79. The summed E-state index contributed by atoms with van der Waals surface area (Å²) in [5, 5.41) is 3.44. The van der Waals surface area contributed by atoms with Gasteiger partial charge in [-0.15, -0.1) is 0 Å². The van der Waals surface area contributed by atoms with Crippen LogP contribution in [0.2, 0.25) is 5.02 Å². The lowest BCUT2D eigenvalue weighted by molar-refractivity contribution is 0.0607. The van der Waals surface area contributed by atoms with E-state index in [1.54, 1.807) is 41.3 Å². The van der Waals surface area contributed by atoms with Crippen molar-refractivity contribution in [1.82, 2.24) is 15.1 Å². The molecule has 0 bridgehead atoms. The van der Waals surface area contributed by atoms with Gasteiger partial charge in [-0.2, -0.15) is 0 Å². The molecule has 1 aromatic heterocycles. The molecule has 132 valence electrons. The fraction of sp³-hybridized carbons (Fsp3) is 0.333. The average Bonchev–Trinajstić information content (AvgIpc) is 3.16. The van der Waals surface area contributed by atoms with Gasteiger partial charge in [-0.05, 0) is 30.3 Å². The van der Waals surface area contributed by atoms with Gasteiger partial charge in [0.15, 0.2) is 5.76 Å². The molecule has 3 rings (SSSR count). The predicted molar refractivity (Wildman–Crippen MR) is 94.8 cm³/mol. The van der Waals surface area contributed by atoms with Gasteiger partial charge < -0.3 is 14.6 Å². The van der Waals surface area contributed by atoms with Crippen molar-refractivity contribution in [1.29, 1.82) is 0 Å². The van der Waals surface area contributed by atoms with Crippen LogP contribution in [0.1, 0.15) is 20.9 Å². The number of nitrogens with zero attached hydrogens (tertiary/aromatic N) is 2. The van der Waals surface area contributed by atoms with Crippen LogP contribution in [0.15, 0.2) is 47.1 Å². The van der Waals surface area contributed by atoms with Crippen LogP contribution in [-0.2, 0) is 0 Å². The van der Waals surface area contributed by atoms with Crippen molar-refractivity contribution in [2.75, 3.05) is 39.3 Å². The molecule has 1 aliphatic heterocycles. The second-order valence-corrected chi connectivity index (χ2v) is 6.31. The summed E-state index contributed by atoms with van der Waals surface area (Å²) in [5.74, 6) is 0.176. The lowest BCUT2D eigenvalue weighted by Crippen LogP contribution is -2.50. The summed E-state index contributed by atoms with van der Waals surface area (Å²) in [5.41, 5.74) is 0.557. The summed E-state index contributed by atoms with van der Waals surface area (Å²) in [7, 11) is 0. The third kappa shape index (κ3) is 4.61. The molecule has 1 fully saturated rings. The van der Waals surface area contributed by atoms with Crippen molar-refractivity contribution in [3.63, 3.8) is 0 Å². The maximum absolute atomic E-state index is 12.2. The maximum Gasteiger partial charge on any atom is 0.289 e. The maximum atomic E-state index is 12.2. The summed E-state index contributed by atoms with van der Waals surface area (Å²) in [6.45, 7) is 4.16. The summed E-state index contributed by atoms with van der Waals surface area (Å²) in [4.78, 5) is 28.3. The van der Waals surface area contributed by atoms with Crippen molar-refractivity contribution in [2.24, 2.45) is 0 Å². The molecule has 0 unspecified atom stereocenters. The minimum atomic E-state index is -0.130. The number of nitrogens with one attached hydrogen (secondary N) is 1. The molecule has 1 aromatic carbocycles. The quantitative estimate of drug-likeness (QED) is 0.886.